The lowest BCUT2D eigenvalue weighted by atomic mass is 9.92. The number of rotatable bonds is 5. The van der Waals surface area contributed by atoms with E-state index in [2.05, 4.69) is 24.7 Å². The first kappa shape index (κ1) is 21.7. The van der Waals surface area contributed by atoms with Crippen molar-refractivity contribution in [2.75, 3.05) is 26.2 Å². The van der Waals surface area contributed by atoms with Crippen molar-refractivity contribution in [3.8, 4) is 0 Å². The molecule has 0 bridgehead atoms. The molecular formula is C22H34N4O3S. The maximum atomic E-state index is 13.2. The number of amides is 1. The van der Waals surface area contributed by atoms with Crippen molar-refractivity contribution in [1.29, 1.82) is 0 Å². The maximum absolute atomic E-state index is 13.2. The number of hydrazine groups is 1. The first-order valence-electron chi connectivity index (χ1n) is 11.3. The largest absolute Gasteiger partial charge is 0.339 e. The minimum Gasteiger partial charge on any atom is -0.339 e. The van der Waals surface area contributed by atoms with Gasteiger partial charge in [-0.2, -0.15) is 4.31 Å². The van der Waals surface area contributed by atoms with E-state index < -0.39 is 10.0 Å². The second kappa shape index (κ2) is 8.94. The van der Waals surface area contributed by atoms with Gasteiger partial charge in [-0.3, -0.25) is 10.2 Å². The van der Waals surface area contributed by atoms with E-state index in [1.165, 1.54) is 21.9 Å². The molecule has 2 atom stereocenters. The number of hydrogen-bond acceptors (Lipinski definition) is 5. The molecule has 1 amide bonds. The van der Waals surface area contributed by atoms with Crippen LogP contribution in [-0.2, 0) is 27.7 Å². The zero-order valence-corrected chi connectivity index (χ0v) is 18.9. The van der Waals surface area contributed by atoms with Crippen molar-refractivity contribution >= 4 is 15.9 Å². The Hall–Kier alpha value is -1.48. The average molecular weight is 435 g/mol. The van der Waals surface area contributed by atoms with E-state index in [9.17, 15) is 13.2 Å². The first-order chi connectivity index (χ1) is 14.3. The van der Waals surface area contributed by atoms with Crippen LogP contribution < -0.4 is 10.9 Å². The zero-order valence-electron chi connectivity index (χ0n) is 18.1. The van der Waals surface area contributed by atoms with E-state index in [-0.39, 0.29) is 11.9 Å². The van der Waals surface area contributed by atoms with Crippen molar-refractivity contribution in [2.45, 2.75) is 69.4 Å². The average Bonchev–Trinajstić information content (AvgIpc) is 3.20. The molecule has 8 heteroatoms. The molecule has 2 heterocycles. The molecule has 0 spiro atoms. The number of carbonyl (C=O) groups excluding carboxylic acids is 1. The predicted molar refractivity (Wildman–Crippen MR) is 116 cm³/mol. The molecule has 166 valence electrons. The van der Waals surface area contributed by atoms with E-state index in [0.29, 0.717) is 43.0 Å². The number of benzene rings is 1. The fourth-order valence-corrected chi connectivity index (χ4v) is 6.37. The van der Waals surface area contributed by atoms with Gasteiger partial charge in [-0.05, 0) is 67.7 Å². The Morgan fingerprint density at radius 2 is 1.77 bits per heavy atom. The number of aryl methyl sites for hydroxylation is 2. The monoisotopic (exact) mass is 434 g/mol. The zero-order chi connectivity index (χ0) is 21.3. The van der Waals surface area contributed by atoms with Crippen molar-refractivity contribution in [2.24, 2.45) is 5.92 Å². The lowest BCUT2D eigenvalue weighted by Gasteiger charge is -2.35. The maximum Gasteiger partial charge on any atom is 0.243 e. The summed E-state index contributed by atoms with van der Waals surface area (Å²) in [5.74, 6) is 0.648. The molecule has 0 aromatic heterocycles. The first-order valence-corrected chi connectivity index (χ1v) is 12.7. The predicted octanol–water partition coefficient (Wildman–Crippen LogP) is 1.68. The molecule has 2 aliphatic heterocycles. The van der Waals surface area contributed by atoms with Gasteiger partial charge in [-0.15, -0.1) is 0 Å². The fourth-order valence-electron chi connectivity index (χ4n) is 4.90. The highest BCUT2D eigenvalue weighted by Gasteiger charge is 2.36. The van der Waals surface area contributed by atoms with Crippen LogP contribution in [0, 0.1) is 5.92 Å². The molecule has 2 unspecified atom stereocenters. The Kier molecular flexibility index (Phi) is 6.48. The van der Waals surface area contributed by atoms with E-state index in [1.54, 1.807) is 11.0 Å². The molecule has 1 aliphatic carbocycles. The van der Waals surface area contributed by atoms with Crippen LogP contribution in [0.25, 0.3) is 0 Å². The summed E-state index contributed by atoms with van der Waals surface area (Å²) in [7, 11) is -3.52. The van der Waals surface area contributed by atoms with Gasteiger partial charge < -0.3 is 4.90 Å². The molecule has 0 radical (unpaired) electrons. The second-order valence-corrected chi connectivity index (χ2v) is 11.2. The fraction of sp³-hybridized carbons (Fsp3) is 0.682. The van der Waals surface area contributed by atoms with Crippen molar-refractivity contribution in [1.82, 2.24) is 20.1 Å². The second-order valence-electron chi connectivity index (χ2n) is 9.27. The number of nitrogens with zero attached hydrogens (tertiary/aromatic N) is 2. The van der Waals surface area contributed by atoms with E-state index in [0.717, 1.165) is 32.1 Å². The molecule has 4 rings (SSSR count). The summed E-state index contributed by atoms with van der Waals surface area (Å²) in [5.41, 5.74) is 8.82. The molecule has 1 aromatic rings. The van der Waals surface area contributed by atoms with Gasteiger partial charge in [0.25, 0.3) is 0 Å². The smallest absolute Gasteiger partial charge is 0.243 e. The van der Waals surface area contributed by atoms with Crippen LogP contribution in [0.1, 0.15) is 50.7 Å². The molecular weight excluding hydrogens is 400 g/mol. The summed E-state index contributed by atoms with van der Waals surface area (Å²) in [6, 6.07) is 5.68. The molecule has 2 N–H and O–H groups in total. The van der Waals surface area contributed by atoms with Crippen molar-refractivity contribution < 1.29 is 13.2 Å². The van der Waals surface area contributed by atoms with Gasteiger partial charge >= 0.3 is 0 Å². The van der Waals surface area contributed by atoms with Crippen LogP contribution in [0.15, 0.2) is 23.1 Å². The van der Waals surface area contributed by atoms with Crippen molar-refractivity contribution in [3.05, 3.63) is 29.3 Å². The highest BCUT2D eigenvalue weighted by Crippen LogP contribution is 2.26. The van der Waals surface area contributed by atoms with Crippen LogP contribution in [0.3, 0.4) is 0 Å². The third-order valence-electron chi connectivity index (χ3n) is 6.54. The molecule has 7 nitrogen and oxygen atoms in total. The number of carbonyl (C=O) groups is 1. The highest BCUT2D eigenvalue weighted by molar-refractivity contribution is 7.89. The highest BCUT2D eigenvalue weighted by atomic mass is 32.2. The molecule has 3 aliphatic rings. The van der Waals surface area contributed by atoms with Gasteiger partial charge in [-0.1, -0.05) is 19.9 Å². The Morgan fingerprint density at radius 3 is 2.47 bits per heavy atom. The van der Waals surface area contributed by atoms with Crippen LogP contribution in [0.5, 0.6) is 0 Å². The lowest BCUT2D eigenvalue weighted by molar-refractivity contribution is -0.134. The van der Waals surface area contributed by atoms with Gasteiger partial charge in [0.2, 0.25) is 15.9 Å². The Balaban J connectivity index is 1.35. The number of sulfonamides is 1. The van der Waals surface area contributed by atoms with Crippen LogP contribution in [0.4, 0.5) is 0 Å². The van der Waals surface area contributed by atoms with E-state index in [1.807, 2.05) is 12.1 Å². The van der Waals surface area contributed by atoms with Gasteiger partial charge in [0.05, 0.1) is 4.90 Å². The van der Waals surface area contributed by atoms with E-state index >= 15 is 0 Å². The number of nitrogens with one attached hydrogen (secondary N) is 2. The van der Waals surface area contributed by atoms with Gasteiger partial charge in [0.15, 0.2) is 0 Å². The summed E-state index contributed by atoms with van der Waals surface area (Å²) in [6.07, 6.45) is 6.12. The minimum absolute atomic E-state index is 0.0691. The summed E-state index contributed by atoms with van der Waals surface area (Å²) in [4.78, 5) is 15.1. The van der Waals surface area contributed by atoms with Crippen LogP contribution >= 0.6 is 0 Å². The SMILES string of the molecule is CC(C)CC1CC(C(=O)N2CCN(S(=O)(=O)c3ccc4c(c3)CCCC4)CC2)NN1. The third kappa shape index (κ3) is 4.56. The van der Waals surface area contributed by atoms with Crippen LogP contribution in [0.2, 0.25) is 0 Å². The summed E-state index contributed by atoms with van der Waals surface area (Å²) in [6.45, 7) is 5.94. The van der Waals surface area contributed by atoms with Gasteiger partial charge in [0, 0.05) is 32.2 Å². The van der Waals surface area contributed by atoms with Crippen molar-refractivity contribution in [3.63, 3.8) is 0 Å². The molecule has 0 saturated carbocycles. The topological polar surface area (TPSA) is 81.8 Å². The number of fused-ring (bicyclic) bond motifs is 1. The summed E-state index contributed by atoms with van der Waals surface area (Å²) in [5, 5.41) is 0. The standard InChI is InChI=1S/C22H34N4O3S/c1-16(2)13-19-15-21(24-23-19)22(27)25-9-11-26(12-10-25)30(28,29)20-8-7-17-5-3-4-6-18(17)14-20/h7-8,14,16,19,21,23-24H,3-6,9-13,15H2,1-2H3. The Labute approximate surface area is 180 Å². The number of hydrogen-bond donors (Lipinski definition) is 2. The summed E-state index contributed by atoms with van der Waals surface area (Å²) >= 11 is 0. The molecule has 2 saturated heterocycles. The molecule has 30 heavy (non-hydrogen) atoms. The molecule has 2 fully saturated rings. The minimum atomic E-state index is -3.52. The normalized spacial score (nSPS) is 25.5. The number of piperazine rings is 1. The summed E-state index contributed by atoms with van der Waals surface area (Å²) < 4.78 is 27.8. The van der Waals surface area contributed by atoms with Crippen LogP contribution in [-0.4, -0.2) is 61.8 Å². The Bertz CT molecular complexity index is 878. The quantitative estimate of drug-likeness (QED) is 0.737. The third-order valence-corrected chi connectivity index (χ3v) is 8.44. The van der Waals surface area contributed by atoms with Gasteiger partial charge in [-0.25, -0.2) is 13.8 Å². The lowest BCUT2D eigenvalue weighted by Crippen LogP contribution is -2.54. The van der Waals surface area contributed by atoms with Gasteiger partial charge in [0.1, 0.15) is 6.04 Å². The molecule has 1 aromatic carbocycles. The van der Waals surface area contributed by atoms with E-state index in [4.69, 9.17) is 0 Å². The Morgan fingerprint density at radius 1 is 1.07 bits per heavy atom.